The quantitative estimate of drug-likeness (QED) is 0.540. The van der Waals surface area contributed by atoms with E-state index in [1.165, 1.54) is 12.1 Å². The summed E-state index contributed by atoms with van der Waals surface area (Å²) in [5.74, 6) is 0.447. The minimum Gasteiger partial charge on any atom is -0.340 e. The van der Waals surface area contributed by atoms with E-state index in [9.17, 15) is 4.39 Å². The molecule has 0 unspecified atom stereocenters. The fraction of sp³-hybridized carbons (Fsp3) is 0. The van der Waals surface area contributed by atoms with E-state index in [2.05, 4.69) is 15.3 Å². The average molecular weight is 327 g/mol. The third kappa shape index (κ3) is 3.35. The molecule has 3 aromatic rings. The lowest BCUT2D eigenvalue weighted by atomic mass is 10.2. The fourth-order valence-electron chi connectivity index (χ4n) is 2.05. The topological polar surface area (TPSA) is 61.7 Å². The summed E-state index contributed by atoms with van der Waals surface area (Å²) in [6.45, 7) is 0. The van der Waals surface area contributed by atoms with E-state index < -0.39 is 0 Å². The Bertz CT molecular complexity index is 835. The van der Waals surface area contributed by atoms with Gasteiger partial charge in [-0.3, -0.25) is 0 Å². The Balaban J connectivity index is 2.06. The zero-order valence-electron chi connectivity index (χ0n) is 11.9. The number of rotatable bonds is 4. The standard InChI is InChI=1S/C17H12ClFN4/c18-15-14(10-20)17(21-13-4-2-1-3-5-13)23-16(22-15)11-6-8-12(19)9-7-11/h1-10,20H,(H,21,22,23). The highest BCUT2D eigenvalue weighted by Gasteiger charge is 2.13. The lowest BCUT2D eigenvalue weighted by Gasteiger charge is -2.11. The Morgan fingerprint density at radius 2 is 1.70 bits per heavy atom. The maximum absolute atomic E-state index is 13.1. The summed E-state index contributed by atoms with van der Waals surface area (Å²) in [4.78, 5) is 8.61. The summed E-state index contributed by atoms with van der Waals surface area (Å²) in [5, 5.41) is 10.8. The molecule has 1 aromatic heterocycles. The SMILES string of the molecule is N=Cc1c(Cl)nc(-c2ccc(F)cc2)nc1Nc1ccccc1. The molecule has 0 amide bonds. The van der Waals surface area contributed by atoms with Crippen LogP contribution in [0.5, 0.6) is 0 Å². The van der Waals surface area contributed by atoms with E-state index in [1.807, 2.05) is 30.3 Å². The largest absolute Gasteiger partial charge is 0.340 e. The molecule has 1 heterocycles. The zero-order chi connectivity index (χ0) is 16.2. The van der Waals surface area contributed by atoms with Gasteiger partial charge in [0.15, 0.2) is 5.82 Å². The molecule has 0 saturated carbocycles. The molecule has 0 saturated heterocycles. The highest BCUT2D eigenvalue weighted by atomic mass is 35.5. The minimum absolute atomic E-state index is 0.160. The maximum Gasteiger partial charge on any atom is 0.163 e. The molecule has 0 fully saturated rings. The second kappa shape index (κ2) is 6.54. The summed E-state index contributed by atoms with van der Waals surface area (Å²) < 4.78 is 13.1. The van der Waals surface area contributed by atoms with Crippen LogP contribution in [0.4, 0.5) is 15.9 Å². The van der Waals surface area contributed by atoms with Gasteiger partial charge in [0.05, 0.1) is 5.56 Å². The molecule has 0 bridgehead atoms. The molecule has 0 aliphatic carbocycles. The average Bonchev–Trinajstić information content (AvgIpc) is 2.56. The summed E-state index contributed by atoms with van der Waals surface area (Å²) in [5.41, 5.74) is 1.85. The first-order valence-corrected chi connectivity index (χ1v) is 7.21. The number of aromatic nitrogens is 2. The number of nitrogens with one attached hydrogen (secondary N) is 2. The molecule has 0 spiro atoms. The molecule has 4 nitrogen and oxygen atoms in total. The van der Waals surface area contributed by atoms with Crippen LogP contribution in [0.15, 0.2) is 54.6 Å². The second-order valence-corrected chi connectivity index (χ2v) is 5.10. The monoisotopic (exact) mass is 326 g/mol. The van der Waals surface area contributed by atoms with Crippen molar-refractivity contribution in [3.05, 3.63) is 71.1 Å². The van der Waals surface area contributed by atoms with Crippen LogP contribution < -0.4 is 5.32 Å². The first-order chi connectivity index (χ1) is 11.2. The molecule has 6 heteroatoms. The van der Waals surface area contributed by atoms with Gasteiger partial charge in [-0.05, 0) is 36.4 Å². The van der Waals surface area contributed by atoms with E-state index in [1.54, 1.807) is 12.1 Å². The molecule has 2 aromatic carbocycles. The van der Waals surface area contributed by atoms with Crippen LogP contribution in [0.2, 0.25) is 5.15 Å². The molecule has 0 radical (unpaired) electrons. The van der Waals surface area contributed by atoms with E-state index in [4.69, 9.17) is 17.0 Å². The van der Waals surface area contributed by atoms with Crippen LogP contribution in [0.3, 0.4) is 0 Å². The minimum atomic E-state index is -0.335. The molecule has 0 aliphatic heterocycles. The van der Waals surface area contributed by atoms with Crippen LogP contribution in [0, 0.1) is 11.2 Å². The molecular weight excluding hydrogens is 315 g/mol. The van der Waals surface area contributed by atoms with Crippen LogP contribution in [0.1, 0.15) is 5.56 Å². The summed E-state index contributed by atoms with van der Waals surface area (Å²) in [6.07, 6.45) is 1.10. The highest BCUT2D eigenvalue weighted by molar-refractivity contribution is 6.32. The summed E-state index contributed by atoms with van der Waals surface area (Å²) in [6, 6.07) is 15.3. The summed E-state index contributed by atoms with van der Waals surface area (Å²) in [7, 11) is 0. The van der Waals surface area contributed by atoms with E-state index >= 15 is 0 Å². The van der Waals surface area contributed by atoms with Crippen LogP contribution in [-0.2, 0) is 0 Å². The van der Waals surface area contributed by atoms with Crippen LogP contribution >= 0.6 is 11.6 Å². The van der Waals surface area contributed by atoms with Gasteiger partial charge in [-0.25, -0.2) is 14.4 Å². The number of hydrogen-bond acceptors (Lipinski definition) is 4. The first-order valence-electron chi connectivity index (χ1n) is 6.83. The Morgan fingerprint density at radius 3 is 2.35 bits per heavy atom. The predicted molar refractivity (Wildman–Crippen MR) is 90.0 cm³/mol. The first kappa shape index (κ1) is 15.1. The Kier molecular flexibility index (Phi) is 4.30. The van der Waals surface area contributed by atoms with Crippen molar-refractivity contribution in [3.63, 3.8) is 0 Å². The number of para-hydroxylation sites is 1. The van der Waals surface area contributed by atoms with Gasteiger partial charge >= 0.3 is 0 Å². The van der Waals surface area contributed by atoms with Crippen molar-refractivity contribution < 1.29 is 4.39 Å². The molecule has 114 valence electrons. The third-order valence-corrected chi connectivity index (χ3v) is 3.47. The molecular formula is C17H12ClFN4. The number of halogens is 2. The van der Waals surface area contributed by atoms with Crippen LogP contribution in [0.25, 0.3) is 11.4 Å². The fourth-order valence-corrected chi connectivity index (χ4v) is 2.28. The molecule has 3 rings (SSSR count). The number of benzene rings is 2. The van der Waals surface area contributed by atoms with Gasteiger partial charge in [0.1, 0.15) is 16.8 Å². The molecule has 0 atom stereocenters. The normalized spacial score (nSPS) is 10.3. The third-order valence-electron chi connectivity index (χ3n) is 3.18. The second-order valence-electron chi connectivity index (χ2n) is 4.74. The van der Waals surface area contributed by atoms with E-state index in [-0.39, 0.29) is 11.0 Å². The maximum atomic E-state index is 13.1. The van der Waals surface area contributed by atoms with Gasteiger partial charge in [-0.1, -0.05) is 29.8 Å². The molecule has 23 heavy (non-hydrogen) atoms. The van der Waals surface area contributed by atoms with Crippen LogP contribution in [-0.4, -0.2) is 16.2 Å². The van der Waals surface area contributed by atoms with Crippen molar-refractivity contribution in [1.29, 1.82) is 5.41 Å². The Hall–Kier alpha value is -2.79. The Morgan fingerprint density at radius 1 is 1.00 bits per heavy atom. The smallest absolute Gasteiger partial charge is 0.163 e. The zero-order valence-corrected chi connectivity index (χ0v) is 12.7. The summed E-state index contributed by atoms with van der Waals surface area (Å²) >= 11 is 6.17. The lowest BCUT2D eigenvalue weighted by Crippen LogP contribution is -2.03. The van der Waals surface area contributed by atoms with Crippen molar-refractivity contribution in [2.24, 2.45) is 0 Å². The van der Waals surface area contributed by atoms with Crippen molar-refractivity contribution in [2.45, 2.75) is 0 Å². The van der Waals surface area contributed by atoms with E-state index in [0.717, 1.165) is 11.9 Å². The number of hydrogen-bond donors (Lipinski definition) is 2. The van der Waals surface area contributed by atoms with Gasteiger partial charge in [-0.15, -0.1) is 0 Å². The van der Waals surface area contributed by atoms with Gasteiger partial charge < -0.3 is 10.7 Å². The van der Waals surface area contributed by atoms with Gasteiger partial charge in [-0.2, -0.15) is 0 Å². The van der Waals surface area contributed by atoms with Crippen molar-refractivity contribution in [3.8, 4) is 11.4 Å². The van der Waals surface area contributed by atoms with Crippen molar-refractivity contribution in [1.82, 2.24) is 9.97 Å². The van der Waals surface area contributed by atoms with Crippen molar-refractivity contribution >= 4 is 29.3 Å². The lowest BCUT2D eigenvalue weighted by molar-refractivity contribution is 0.628. The Labute approximate surface area is 137 Å². The van der Waals surface area contributed by atoms with Gasteiger partial charge in [0.25, 0.3) is 0 Å². The number of nitrogens with zero attached hydrogens (tertiary/aromatic N) is 2. The molecule has 0 aliphatic rings. The predicted octanol–water partition coefficient (Wildman–Crippen LogP) is 4.68. The van der Waals surface area contributed by atoms with E-state index in [0.29, 0.717) is 22.8 Å². The molecule has 2 N–H and O–H groups in total. The highest BCUT2D eigenvalue weighted by Crippen LogP contribution is 2.26. The van der Waals surface area contributed by atoms with Gasteiger partial charge in [0.2, 0.25) is 0 Å². The van der Waals surface area contributed by atoms with Crippen molar-refractivity contribution in [2.75, 3.05) is 5.32 Å². The van der Waals surface area contributed by atoms with Gasteiger partial charge in [0, 0.05) is 17.5 Å². The number of anilines is 2.